The molecule has 7 nitrogen and oxygen atoms in total. The second-order valence-electron chi connectivity index (χ2n) is 6.48. The van der Waals surface area contributed by atoms with Crippen molar-refractivity contribution in [3.63, 3.8) is 0 Å². The van der Waals surface area contributed by atoms with E-state index in [1.165, 1.54) is 7.11 Å². The number of hydrogen-bond acceptors (Lipinski definition) is 5. The highest BCUT2D eigenvalue weighted by Gasteiger charge is 2.31. The van der Waals surface area contributed by atoms with Gasteiger partial charge in [-0.25, -0.2) is 0 Å². The van der Waals surface area contributed by atoms with Crippen molar-refractivity contribution in [3.8, 4) is 17.2 Å². The van der Waals surface area contributed by atoms with Crippen LogP contribution >= 0.6 is 23.8 Å². The summed E-state index contributed by atoms with van der Waals surface area (Å²) in [6.07, 6.45) is 0. The smallest absolute Gasteiger partial charge is 0.255 e. The number of amides is 1. The standard InChI is InChI=1S/C21H22ClN3O4S/c1-11-18(20(26)24-14-10-13(22)6-8-15(14)27-2)19(25-21(30)23-11)12-5-7-16(28-3)17(9-12)29-4/h5-10,19H,1-4H3,(H,24,26)(H2,23,25,30). The summed E-state index contributed by atoms with van der Waals surface area (Å²) >= 11 is 11.4. The average molecular weight is 448 g/mol. The predicted molar refractivity (Wildman–Crippen MR) is 120 cm³/mol. The molecular weight excluding hydrogens is 426 g/mol. The number of methoxy groups -OCH3 is 3. The molecule has 9 heteroatoms. The molecule has 30 heavy (non-hydrogen) atoms. The Morgan fingerprint density at radius 2 is 1.70 bits per heavy atom. The Morgan fingerprint density at radius 1 is 1.03 bits per heavy atom. The van der Waals surface area contributed by atoms with Gasteiger partial charge in [-0.1, -0.05) is 17.7 Å². The monoisotopic (exact) mass is 447 g/mol. The van der Waals surface area contributed by atoms with E-state index >= 15 is 0 Å². The molecule has 0 aliphatic carbocycles. The number of hydrogen-bond donors (Lipinski definition) is 3. The molecule has 1 amide bonds. The van der Waals surface area contributed by atoms with Gasteiger partial charge >= 0.3 is 0 Å². The summed E-state index contributed by atoms with van der Waals surface area (Å²) in [5, 5.41) is 9.95. The van der Waals surface area contributed by atoms with Crippen molar-refractivity contribution in [2.24, 2.45) is 0 Å². The first kappa shape index (κ1) is 21.7. The van der Waals surface area contributed by atoms with Crippen LogP contribution in [0.4, 0.5) is 5.69 Å². The summed E-state index contributed by atoms with van der Waals surface area (Å²) in [5.41, 5.74) is 2.36. The van der Waals surface area contributed by atoms with Crippen molar-refractivity contribution in [2.45, 2.75) is 13.0 Å². The number of rotatable bonds is 6. The molecule has 0 saturated carbocycles. The normalized spacial score (nSPS) is 15.8. The van der Waals surface area contributed by atoms with Crippen LogP contribution in [0.3, 0.4) is 0 Å². The van der Waals surface area contributed by atoms with Crippen LogP contribution < -0.4 is 30.2 Å². The van der Waals surface area contributed by atoms with E-state index in [0.29, 0.717) is 44.3 Å². The van der Waals surface area contributed by atoms with Crippen LogP contribution in [0, 0.1) is 0 Å². The van der Waals surface area contributed by atoms with Gasteiger partial charge in [-0.3, -0.25) is 4.79 Å². The molecule has 3 N–H and O–H groups in total. The summed E-state index contributed by atoms with van der Waals surface area (Å²) in [6, 6.07) is 9.97. The second kappa shape index (κ2) is 9.23. The van der Waals surface area contributed by atoms with E-state index in [1.807, 2.05) is 12.1 Å². The SMILES string of the molecule is COc1ccc(Cl)cc1NC(=O)C1=C(C)NC(=S)NC1c1ccc(OC)c(OC)c1. The first-order valence-electron chi connectivity index (χ1n) is 9.03. The van der Waals surface area contributed by atoms with E-state index in [4.69, 9.17) is 38.0 Å². The van der Waals surface area contributed by atoms with E-state index in [0.717, 1.165) is 5.56 Å². The van der Waals surface area contributed by atoms with Gasteiger partial charge in [-0.2, -0.15) is 0 Å². The Hall–Kier alpha value is -2.97. The molecule has 2 aromatic carbocycles. The van der Waals surface area contributed by atoms with Crippen molar-refractivity contribution in [1.82, 2.24) is 10.6 Å². The van der Waals surface area contributed by atoms with Crippen molar-refractivity contribution >= 4 is 40.5 Å². The van der Waals surface area contributed by atoms with E-state index in [-0.39, 0.29) is 5.91 Å². The Morgan fingerprint density at radius 3 is 2.37 bits per heavy atom. The van der Waals surface area contributed by atoms with E-state index in [1.54, 1.807) is 45.4 Å². The second-order valence-corrected chi connectivity index (χ2v) is 7.33. The lowest BCUT2D eigenvalue weighted by Gasteiger charge is -2.30. The molecule has 1 atom stereocenters. The van der Waals surface area contributed by atoms with Crippen LogP contribution in [0.5, 0.6) is 17.2 Å². The first-order valence-corrected chi connectivity index (χ1v) is 9.81. The van der Waals surface area contributed by atoms with Crippen LogP contribution in [-0.2, 0) is 4.79 Å². The zero-order valence-corrected chi connectivity index (χ0v) is 18.5. The predicted octanol–water partition coefficient (Wildman–Crippen LogP) is 3.80. The molecule has 0 spiro atoms. The first-order chi connectivity index (χ1) is 14.4. The number of halogens is 1. The molecule has 158 valence electrons. The summed E-state index contributed by atoms with van der Waals surface area (Å²) in [7, 11) is 4.65. The lowest BCUT2D eigenvalue weighted by atomic mass is 9.94. The summed E-state index contributed by atoms with van der Waals surface area (Å²) in [4.78, 5) is 13.3. The molecule has 2 aromatic rings. The number of benzene rings is 2. The van der Waals surface area contributed by atoms with Crippen LogP contribution in [-0.4, -0.2) is 32.3 Å². The van der Waals surface area contributed by atoms with Gasteiger partial charge < -0.3 is 30.2 Å². The van der Waals surface area contributed by atoms with Crippen molar-refractivity contribution in [1.29, 1.82) is 0 Å². The molecule has 0 radical (unpaired) electrons. The lowest BCUT2D eigenvalue weighted by Crippen LogP contribution is -2.45. The van der Waals surface area contributed by atoms with Gasteiger partial charge in [0, 0.05) is 10.7 Å². The fraction of sp³-hybridized carbons (Fsp3) is 0.238. The fourth-order valence-electron chi connectivity index (χ4n) is 3.24. The topological polar surface area (TPSA) is 80.9 Å². The van der Waals surface area contributed by atoms with Crippen LogP contribution in [0.2, 0.25) is 5.02 Å². The third-order valence-corrected chi connectivity index (χ3v) is 5.12. The molecule has 1 aliphatic heterocycles. The maximum Gasteiger partial charge on any atom is 0.255 e. The van der Waals surface area contributed by atoms with Gasteiger partial charge in [0.25, 0.3) is 5.91 Å². The number of carbonyl (C=O) groups is 1. The van der Waals surface area contributed by atoms with Crippen LogP contribution in [0.15, 0.2) is 47.7 Å². The van der Waals surface area contributed by atoms with Gasteiger partial charge in [-0.05, 0) is 55.0 Å². The number of nitrogens with one attached hydrogen (secondary N) is 3. The largest absolute Gasteiger partial charge is 0.495 e. The molecular formula is C21H22ClN3O4S. The van der Waals surface area contributed by atoms with Gasteiger partial charge in [0.05, 0.1) is 38.6 Å². The van der Waals surface area contributed by atoms with Gasteiger partial charge in [0.15, 0.2) is 16.6 Å². The molecule has 3 rings (SSSR count). The Labute approximate surface area is 185 Å². The fourth-order valence-corrected chi connectivity index (χ4v) is 3.69. The third kappa shape index (κ3) is 4.44. The Balaban J connectivity index is 2.00. The summed E-state index contributed by atoms with van der Waals surface area (Å²) < 4.78 is 16.0. The van der Waals surface area contributed by atoms with Crippen LogP contribution in [0.25, 0.3) is 0 Å². The Kier molecular flexibility index (Phi) is 6.69. The molecule has 1 aliphatic rings. The van der Waals surface area contributed by atoms with E-state index < -0.39 is 6.04 Å². The minimum absolute atomic E-state index is 0.324. The van der Waals surface area contributed by atoms with Gasteiger partial charge in [0.2, 0.25) is 0 Å². The quantitative estimate of drug-likeness (QED) is 0.581. The molecule has 0 saturated heterocycles. The van der Waals surface area contributed by atoms with Crippen molar-refractivity contribution < 1.29 is 19.0 Å². The van der Waals surface area contributed by atoms with Gasteiger partial charge in [-0.15, -0.1) is 0 Å². The highest BCUT2D eigenvalue weighted by molar-refractivity contribution is 7.80. The highest BCUT2D eigenvalue weighted by Crippen LogP contribution is 2.35. The number of thiocarbonyl (C=S) groups is 1. The van der Waals surface area contributed by atoms with E-state index in [9.17, 15) is 4.79 Å². The molecule has 1 heterocycles. The van der Waals surface area contributed by atoms with Crippen molar-refractivity contribution in [2.75, 3.05) is 26.6 Å². The van der Waals surface area contributed by atoms with Crippen LogP contribution in [0.1, 0.15) is 18.5 Å². The molecule has 0 fully saturated rings. The minimum atomic E-state index is -0.497. The minimum Gasteiger partial charge on any atom is -0.495 e. The highest BCUT2D eigenvalue weighted by atomic mass is 35.5. The summed E-state index contributed by atoms with van der Waals surface area (Å²) in [6.45, 7) is 1.80. The number of anilines is 1. The molecule has 0 bridgehead atoms. The van der Waals surface area contributed by atoms with Crippen molar-refractivity contribution in [3.05, 3.63) is 58.3 Å². The lowest BCUT2D eigenvalue weighted by molar-refractivity contribution is -0.113. The Bertz CT molecular complexity index is 1030. The number of allylic oxidation sites excluding steroid dienone is 1. The molecule has 1 unspecified atom stereocenters. The third-order valence-electron chi connectivity index (χ3n) is 4.66. The molecule has 0 aromatic heterocycles. The summed E-state index contributed by atoms with van der Waals surface area (Å²) in [5.74, 6) is 1.32. The maximum atomic E-state index is 13.3. The number of carbonyl (C=O) groups excluding carboxylic acids is 1. The average Bonchev–Trinajstić information content (AvgIpc) is 2.72. The maximum absolute atomic E-state index is 13.3. The zero-order chi connectivity index (χ0) is 21.8. The zero-order valence-electron chi connectivity index (χ0n) is 17.0. The van der Waals surface area contributed by atoms with Gasteiger partial charge in [0.1, 0.15) is 5.75 Å². The number of ether oxygens (including phenoxy) is 3. The van der Waals surface area contributed by atoms with E-state index in [2.05, 4.69) is 16.0 Å².